The third-order valence-corrected chi connectivity index (χ3v) is 6.39. The van der Waals surface area contributed by atoms with Crippen LogP contribution in [0.5, 0.6) is 0 Å². The zero-order chi connectivity index (χ0) is 23.1. The Hall–Kier alpha value is -4.12. The van der Waals surface area contributed by atoms with Gasteiger partial charge in [0.05, 0.1) is 6.54 Å². The minimum absolute atomic E-state index is 0.0670. The average molecular weight is 436 g/mol. The fourth-order valence-electron chi connectivity index (χ4n) is 4.42. The summed E-state index contributed by atoms with van der Waals surface area (Å²) in [6.45, 7) is 4.30. The third kappa shape index (κ3) is 3.61. The van der Waals surface area contributed by atoms with Crippen LogP contribution in [0.2, 0.25) is 0 Å². The van der Waals surface area contributed by atoms with Crippen LogP contribution in [-0.4, -0.2) is 15.5 Å². The summed E-state index contributed by atoms with van der Waals surface area (Å²) in [6.07, 6.45) is 0. The first-order valence-corrected chi connectivity index (χ1v) is 11.0. The molecular formula is C28H25N3O2. The minimum atomic E-state index is -0.210. The van der Waals surface area contributed by atoms with Crippen LogP contribution in [0, 0.1) is 13.8 Å². The van der Waals surface area contributed by atoms with Crippen molar-refractivity contribution in [3.05, 3.63) is 106 Å². The number of benzene rings is 3. The molecule has 0 atom stereocenters. The molecule has 2 N–H and O–H groups in total. The second-order valence-electron chi connectivity index (χ2n) is 8.49. The number of pyridine rings is 1. The molecule has 164 valence electrons. The molecule has 0 saturated heterocycles. The van der Waals surface area contributed by atoms with Crippen molar-refractivity contribution in [3.63, 3.8) is 0 Å². The van der Waals surface area contributed by atoms with E-state index in [-0.39, 0.29) is 18.0 Å². The molecule has 2 heterocycles. The number of aromatic amines is 1. The molecule has 1 amide bonds. The van der Waals surface area contributed by atoms with Gasteiger partial charge < -0.3 is 14.9 Å². The van der Waals surface area contributed by atoms with Crippen LogP contribution in [-0.2, 0) is 13.6 Å². The van der Waals surface area contributed by atoms with E-state index in [9.17, 15) is 9.59 Å². The SMILES string of the molecule is Cc1cc2c(-c3ccccc3)c(CNC(=O)c3cc4ccccc4[nH]3)n(C)c(=O)c2cc1C. The Kier molecular flexibility index (Phi) is 5.09. The van der Waals surface area contributed by atoms with E-state index in [1.54, 1.807) is 11.6 Å². The van der Waals surface area contributed by atoms with Gasteiger partial charge in [0.25, 0.3) is 11.5 Å². The Morgan fingerprint density at radius 3 is 2.30 bits per heavy atom. The zero-order valence-corrected chi connectivity index (χ0v) is 18.9. The van der Waals surface area contributed by atoms with E-state index in [2.05, 4.69) is 23.3 Å². The van der Waals surface area contributed by atoms with Crippen LogP contribution in [0.25, 0.3) is 32.8 Å². The summed E-state index contributed by atoms with van der Waals surface area (Å²) in [6, 6.07) is 23.7. The number of fused-ring (bicyclic) bond motifs is 2. The van der Waals surface area contributed by atoms with Gasteiger partial charge in [0, 0.05) is 34.6 Å². The number of hydrogen-bond donors (Lipinski definition) is 2. The second kappa shape index (κ2) is 8.10. The van der Waals surface area contributed by atoms with Crippen LogP contribution in [0.1, 0.15) is 27.3 Å². The molecule has 0 aliphatic heterocycles. The van der Waals surface area contributed by atoms with E-state index in [0.29, 0.717) is 11.1 Å². The maximum absolute atomic E-state index is 13.3. The summed E-state index contributed by atoms with van der Waals surface area (Å²) in [7, 11) is 1.77. The molecule has 0 fully saturated rings. The fraction of sp³-hybridized carbons (Fsp3) is 0.143. The Morgan fingerprint density at radius 1 is 0.909 bits per heavy atom. The first kappa shape index (κ1) is 20.8. The fourth-order valence-corrected chi connectivity index (χ4v) is 4.42. The molecule has 5 heteroatoms. The maximum atomic E-state index is 13.3. The largest absolute Gasteiger partial charge is 0.351 e. The number of hydrogen-bond acceptors (Lipinski definition) is 2. The van der Waals surface area contributed by atoms with Gasteiger partial charge in [-0.1, -0.05) is 54.6 Å². The Bertz CT molecular complexity index is 1540. The van der Waals surface area contributed by atoms with Crippen LogP contribution in [0.3, 0.4) is 0 Å². The maximum Gasteiger partial charge on any atom is 0.268 e. The Morgan fingerprint density at radius 2 is 1.58 bits per heavy atom. The van der Waals surface area contributed by atoms with E-state index < -0.39 is 0 Å². The van der Waals surface area contributed by atoms with Crippen LogP contribution < -0.4 is 10.9 Å². The smallest absolute Gasteiger partial charge is 0.268 e. The van der Waals surface area contributed by atoms with Gasteiger partial charge in [0.1, 0.15) is 5.69 Å². The monoisotopic (exact) mass is 435 g/mol. The molecular weight excluding hydrogens is 410 g/mol. The number of nitrogens with one attached hydrogen (secondary N) is 2. The lowest BCUT2D eigenvalue weighted by atomic mass is 9.94. The highest BCUT2D eigenvalue weighted by Gasteiger charge is 2.18. The number of amides is 1. The zero-order valence-electron chi connectivity index (χ0n) is 18.9. The van der Waals surface area contributed by atoms with E-state index in [1.807, 2.05) is 73.7 Å². The van der Waals surface area contributed by atoms with E-state index in [0.717, 1.165) is 44.2 Å². The van der Waals surface area contributed by atoms with Crippen molar-refractivity contribution in [2.45, 2.75) is 20.4 Å². The van der Waals surface area contributed by atoms with Crippen molar-refractivity contribution in [1.29, 1.82) is 0 Å². The predicted octanol–water partition coefficient (Wildman–Crippen LogP) is 5.23. The highest BCUT2D eigenvalue weighted by Crippen LogP contribution is 2.32. The molecule has 0 aliphatic carbocycles. The van der Waals surface area contributed by atoms with Crippen molar-refractivity contribution in [2.75, 3.05) is 0 Å². The van der Waals surface area contributed by atoms with Crippen molar-refractivity contribution >= 4 is 27.6 Å². The van der Waals surface area contributed by atoms with Crippen molar-refractivity contribution in [3.8, 4) is 11.1 Å². The predicted molar refractivity (Wildman–Crippen MR) is 134 cm³/mol. The Balaban J connectivity index is 1.62. The Labute approximate surface area is 191 Å². The van der Waals surface area contributed by atoms with Gasteiger partial charge in [0.15, 0.2) is 0 Å². The summed E-state index contributed by atoms with van der Waals surface area (Å²) in [4.78, 5) is 29.4. The van der Waals surface area contributed by atoms with Gasteiger partial charge in [-0.2, -0.15) is 0 Å². The topological polar surface area (TPSA) is 66.9 Å². The number of carbonyl (C=O) groups is 1. The van der Waals surface area contributed by atoms with Crippen molar-refractivity contribution < 1.29 is 4.79 Å². The van der Waals surface area contributed by atoms with Crippen LogP contribution in [0.4, 0.5) is 0 Å². The number of H-pyrrole nitrogens is 1. The first-order valence-electron chi connectivity index (χ1n) is 11.0. The highest BCUT2D eigenvalue weighted by molar-refractivity contribution is 6.00. The molecule has 0 unspecified atom stereocenters. The normalized spacial score (nSPS) is 11.2. The lowest BCUT2D eigenvalue weighted by Gasteiger charge is -2.19. The molecule has 2 aromatic heterocycles. The molecule has 0 bridgehead atoms. The molecule has 0 spiro atoms. The van der Waals surface area contributed by atoms with Gasteiger partial charge in [0.2, 0.25) is 0 Å². The van der Waals surface area contributed by atoms with Crippen molar-refractivity contribution in [1.82, 2.24) is 14.9 Å². The van der Waals surface area contributed by atoms with Crippen molar-refractivity contribution in [2.24, 2.45) is 7.05 Å². The summed E-state index contributed by atoms with van der Waals surface area (Å²) in [5.41, 5.74) is 6.30. The molecule has 0 saturated carbocycles. The van der Waals surface area contributed by atoms with E-state index in [4.69, 9.17) is 0 Å². The average Bonchev–Trinajstić information content (AvgIpc) is 3.27. The number of nitrogens with zero attached hydrogens (tertiary/aromatic N) is 1. The quantitative estimate of drug-likeness (QED) is 0.406. The van der Waals surface area contributed by atoms with E-state index in [1.165, 1.54) is 0 Å². The van der Waals surface area contributed by atoms with Gasteiger partial charge in [-0.25, -0.2) is 0 Å². The molecule has 5 nitrogen and oxygen atoms in total. The summed E-state index contributed by atoms with van der Waals surface area (Å²) >= 11 is 0. The molecule has 3 aromatic carbocycles. The second-order valence-corrected chi connectivity index (χ2v) is 8.49. The molecule has 33 heavy (non-hydrogen) atoms. The molecule has 0 radical (unpaired) electrons. The number of carbonyl (C=O) groups excluding carboxylic acids is 1. The highest BCUT2D eigenvalue weighted by atomic mass is 16.2. The summed E-state index contributed by atoms with van der Waals surface area (Å²) in [5, 5.41) is 5.59. The van der Waals surface area contributed by atoms with Gasteiger partial charge in [-0.3, -0.25) is 9.59 Å². The number of rotatable bonds is 4. The standard InChI is InChI=1S/C28H25N3O2/c1-17-13-21-22(14-18(17)2)28(33)31(3)25(26(21)19-9-5-4-6-10-19)16-29-27(32)24-15-20-11-7-8-12-23(20)30-24/h4-15,30H,16H2,1-3H3,(H,29,32). The molecule has 5 rings (SSSR count). The van der Waals surface area contributed by atoms with E-state index >= 15 is 0 Å². The lowest BCUT2D eigenvalue weighted by Crippen LogP contribution is -2.29. The number of para-hydroxylation sites is 1. The third-order valence-electron chi connectivity index (χ3n) is 6.39. The number of aromatic nitrogens is 2. The van der Waals surface area contributed by atoms with Crippen LogP contribution >= 0.6 is 0 Å². The van der Waals surface area contributed by atoms with Gasteiger partial charge >= 0.3 is 0 Å². The number of aryl methyl sites for hydroxylation is 2. The summed E-state index contributed by atoms with van der Waals surface area (Å²) in [5.74, 6) is -0.210. The van der Waals surface area contributed by atoms with Crippen LogP contribution in [0.15, 0.2) is 77.6 Å². The first-order chi connectivity index (χ1) is 15.9. The minimum Gasteiger partial charge on any atom is -0.351 e. The lowest BCUT2D eigenvalue weighted by molar-refractivity contribution is 0.0946. The summed E-state index contributed by atoms with van der Waals surface area (Å²) < 4.78 is 1.66. The van der Waals surface area contributed by atoms with Gasteiger partial charge in [-0.05, 0) is 54.1 Å². The molecule has 5 aromatic rings. The molecule has 0 aliphatic rings. The van der Waals surface area contributed by atoms with Gasteiger partial charge in [-0.15, -0.1) is 0 Å².